The fourth-order valence-electron chi connectivity index (χ4n) is 2.97. The Bertz CT molecular complexity index is 662. The van der Waals surface area contributed by atoms with E-state index in [9.17, 15) is 4.79 Å². The quantitative estimate of drug-likeness (QED) is 0.873. The van der Waals surface area contributed by atoms with E-state index in [4.69, 9.17) is 16.3 Å². The Morgan fingerprint density at radius 1 is 1.36 bits per heavy atom. The van der Waals surface area contributed by atoms with Crippen molar-refractivity contribution in [2.75, 3.05) is 13.7 Å². The number of rotatable bonds is 3. The molecule has 1 aliphatic heterocycles. The summed E-state index contributed by atoms with van der Waals surface area (Å²) in [6.45, 7) is 0.733. The van der Waals surface area contributed by atoms with Crippen molar-refractivity contribution >= 4 is 17.5 Å². The summed E-state index contributed by atoms with van der Waals surface area (Å²) < 4.78 is 6.72. The zero-order valence-electron chi connectivity index (χ0n) is 12.6. The minimum Gasteiger partial charge on any atom is -0.497 e. The lowest BCUT2D eigenvalue weighted by atomic mass is 10.0. The second-order valence-corrected chi connectivity index (χ2v) is 5.80. The van der Waals surface area contributed by atoms with Gasteiger partial charge in [-0.05, 0) is 30.5 Å². The first-order valence-electron chi connectivity index (χ1n) is 7.24. The van der Waals surface area contributed by atoms with Gasteiger partial charge in [0, 0.05) is 13.6 Å². The van der Waals surface area contributed by atoms with Crippen molar-refractivity contribution in [2.45, 2.75) is 18.9 Å². The topological polar surface area (TPSA) is 47.4 Å². The standard InChI is InChI=1S/C16H18ClN3O2/c1-19-15(13(17)10-18-19)16(21)20-9-3-4-14(20)11-5-7-12(22-2)8-6-11/h5-8,10,14H,3-4,9H2,1-2H3/t14-/m0/s1. The molecule has 1 aromatic heterocycles. The molecule has 1 fully saturated rings. The van der Waals surface area contributed by atoms with Gasteiger partial charge in [0.15, 0.2) is 0 Å². The van der Waals surface area contributed by atoms with Crippen molar-refractivity contribution in [3.05, 3.63) is 46.7 Å². The average molecular weight is 320 g/mol. The Morgan fingerprint density at radius 3 is 2.68 bits per heavy atom. The maximum atomic E-state index is 12.8. The molecule has 0 spiro atoms. The minimum atomic E-state index is -0.0664. The summed E-state index contributed by atoms with van der Waals surface area (Å²) in [6, 6.07) is 7.95. The first-order valence-corrected chi connectivity index (χ1v) is 7.62. The molecule has 5 nitrogen and oxygen atoms in total. The van der Waals surface area contributed by atoms with Crippen LogP contribution in [-0.2, 0) is 7.05 Å². The number of nitrogens with zero attached hydrogens (tertiary/aromatic N) is 3. The number of aryl methyl sites for hydroxylation is 1. The van der Waals surface area contributed by atoms with Gasteiger partial charge in [0.1, 0.15) is 11.4 Å². The normalized spacial score (nSPS) is 17.8. The molecule has 1 aliphatic rings. The lowest BCUT2D eigenvalue weighted by molar-refractivity contribution is 0.0724. The predicted octanol–water partition coefficient (Wildman–Crippen LogP) is 3.06. The third-order valence-corrected chi connectivity index (χ3v) is 4.39. The molecule has 2 heterocycles. The van der Waals surface area contributed by atoms with E-state index in [0.29, 0.717) is 10.7 Å². The van der Waals surface area contributed by atoms with Crippen LogP contribution in [-0.4, -0.2) is 34.2 Å². The Labute approximate surface area is 134 Å². The van der Waals surface area contributed by atoms with Gasteiger partial charge >= 0.3 is 0 Å². The van der Waals surface area contributed by atoms with Gasteiger partial charge in [-0.2, -0.15) is 5.10 Å². The number of halogens is 1. The van der Waals surface area contributed by atoms with Crippen molar-refractivity contribution < 1.29 is 9.53 Å². The van der Waals surface area contributed by atoms with Gasteiger partial charge in [-0.3, -0.25) is 9.48 Å². The number of carbonyl (C=O) groups is 1. The lowest BCUT2D eigenvalue weighted by Crippen LogP contribution is -2.32. The third-order valence-electron chi connectivity index (χ3n) is 4.11. The number of ether oxygens (including phenoxy) is 1. The summed E-state index contributed by atoms with van der Waals surface area (Å²) in [5.74, 6) is 0.748. The van der Waals surface area contributed by atoms with Gasteiger partial charge in [0.25, 0.3) is 5.91 Å². The number of hydrogen-bond donors (Lipinski definition) is 0. The highest BCUT2D eigenvalue weighted by Gasteiger charge is 2.33. The summed E-state index contributed by atoms with van der Waals surface area (Å²) in [4.78, 5) is 14.7. The van der Waals surface area contributed by atoms with Crippen LogP contribution in [0.5, 0.6) is 5.75 Å². The monoisotopic (exact) mass is 319 g/mol. The second-order valence-electron chi connectivity index (χ2n) is 5.39. The zero-order chi connectivity index (χ0) is 15.7. The lowest BCUT2D eigenvalue weighted by Gasteiger charge is -2.25. The van der Waals surface area contributed by atoms with Gasteiger partial charge in [-0.15, -0.1) is 0 Å². The van der Waals surface area contributed by atoms with E-state index in [1.807, 2.05) is 29.2 Å². The molecule has 0 unspecified atom stereocenters. The van der Waals surface area contributed by atoms with Crippen LogP contribution in [0.1, 0.15) is 34.9 Å². The van der Waals surface area contributed by atoms with Gasteiger partial charge in [-0.25, -0.2) is 0 Å². The van der Waals surface area contributed by atoms with Crippen LogP contribution in [0.15, 0.2) is 30.5 Å². The first kappa shape index (κ1) is 14.9. The minimum absolute atomic E-state index is 0.0664. The molecule has 0 saturated carbocycles. The third kappa shape index (κ3) is 2.57. The summed E-state index contributed by atoms with van der Waals surface area (Å²) in [7, 11) is 3.38. The molecular weight excluding hydrogens is 302 g/mol. The van der Waals surface area contributed by atoms with Crippen LogP contribution in [0, 0.1) is 0 Å². The number of carbonyl (C=O) groups excluding carboxylic acids is 1. The summed E-state index contributed by atoms with van der Waals surface area (Å²) in [6.07, 6.45) is 3.44. The van der Waals surface area contributed by atoms with Gasteiger partial charge in [-0.1, -0.05) is 23.7 Å². The van der Waals surface area contributed by atoms with Gasteiger partial charge < -0.3 is 9.64 Å². The van der Waals surface area contributed by atoms with E-state index in [-0.39, 0.29) is 11.9 Å². The fraction of sp³-hybridized carbons (Fsp3) is 0.375. The Balaban J connectivity index is 1.88. The summed E-state index contributed by atoms with van der Waals surface area (Å²) >= 11 is 6.10. The molecule has 6 heteroatoms. The maximum Gasteiger partial charge on any atom is 0.274 e. The largest absolute Gasteiger partial charge is 0.497 e. The van der Waals surface area contributed by atoms with Crippen LogP contribution in [0.2, 0.25) is 5.02 Å². The number of hydrogen-bond acceptors (Lipinski definition) is 3. The SMILES string of the molecule is COc1ccc([C@@H]2CCCN2C(=O)c2c(Cl)cnn2C)cc1. The molecule has 1 atom stereocenters. The van der Waals surface area contributed by atoms with Crippen molar-refractivity contribution in [1.82, 2.24) is 14.7 Å². The highest BCUT2D eigenvalue weighted by atomic mass is 35.5. The predicted molar refractivity (Wildman–Crippen MR) is 84.2 cm³/mol. The van der Waals surface area contributed by atoms with Crippen LogP contribution in [0.4, 0.5) is 0 Å². The van der Waals surface area contributed by atoms with E-state index in [0.717, 1.165) is 30.7 Å². The van der Waals surface area contributed by atoms with Crippen LogP contribution in [0.25, 0.3) is 0 Å². The van der Waals surface area contributed by atoms with Gasteiger partial charge in [0.2, 0.25) is 0 Å². The molecule has 0 aliphatic carbocycles. The number of benzene rings is 1. The molecule has 1 aromatic carbocycles. The van der Waals surface area contributed by atoms with E-state index >= 15 is 0 Å². The molecule has 0 radical (unpaired) electrons. The van der Waals surface area contributed by atoms with E-state index in [1.165, 1.54) is 10.9 Å². The molecule has 2 aromatic rings. The molecular formula is C16H18ClN3O2. The molecule has 3 rings (SSSR count). The van der Waals surface area contributed by atoms with E-state index in [2.05, 4.69) is 5.10 Å². The number of amides is 1. The van der Waals surface area contributed by atoms with Crippen molar-refractivity contribution in [1.29, 1.82) is 0 Å². The molecule has 1 saturated heterocycles. The highest BCUT2D eigenvalue weighted by molar-refractivity contribution is 6.33. The molecule has 0 N–H and O–H groups in total. The van der Waals surface area contributed by atoms with E-state index in [1.54, 1.807) is 14.2 Å². The van der Waals surface area contributed by atoms with Crippen molar-refractivity contribution in [3.8, 4) is 5.75 Å². The summed E-state index contributed by atoms with van der Waals surface area (Å²) in [5.41, 5.74) is 1.56. The second kappa shape index (κ2) is 6.01. The fourth-order valence-corrected chi connectivity index (χ4v) is 3.22. The van der Waals surface area contributed by atoms with Crippen LogP contribution < -0.4 is 4.74 Å². The highest BCUT2D eigenvalue weighted by Crippen LogP contribution is 2.34. The van der Waals surface area contributed by atoms with Gasteiger partial charge in [0.05, 0.1) is 24.4 Å². The Morgan fingerprint density at radius 2 is 2.09 bits per heavy atom. The molecule has 116 valence electrons. The molecule has 1 amide bonds. The maximum absolute atomic E-state index is 12.8. The molecule has 22 heavy (non-hydrogen) atoms. The number of likely N-dealkylation sites (tertiary alicyclic amines) is 1. The Kier molecular flexibility index (Phi) is 4.07. The zero-order valence-corrected chi connectivity index (χ0v) is 13.4. The van der Waals surface area contributed by atoms with E-state index < -0.39 is 0 Å². The van der Waals surface area contributed by atoms with Crippen molar-refractivity contribution in [2.24, 2.45) is 7.05 Å². The first-order chi connectivity index (χ1) is 10.6. The average Bonchev–Trinajstić information content (AvgIpc) is 3.14. The summed E-state index contributed by atoms with van der Waals surface area (Å²) in [5, 5.41) is 4.45. The van der Waals surface area contributed by atoms with Crippen LogP contribution >= 0.6 is 11.6 Å². The Hall–Kier alpha value is -2.01. The smallest absolute Gasteiger partial charge is 0.274 e. The van der Waals surface area contributed by atoms with Crippen molar-refractivity contribution in [3.63, 3.8) is 0 Å². The molecule has 0 bridgehead atoms. The number of aromatic nitrogens is 2. The van der Waals surface area contributed by atoms with Crippen LogP contribution in [0.3, 0.4) is 0 Å². The number of methoxy groups -OCH3 is 1.